The third-order valence-electron chi connectivity index (χ3n) is 4.15. The van der Waals surface area contributed by atoms with Gasteiger partial charge in [0.1, 0.15) is 11.9 Å². The van der Waals surface area contributed by atoms with Gasteiger partial charge in [-0.2, -0.15) is 13.2 Å². The van der Waals surface area contributed by atoms with Crippen LogP contribution in [-0.4, -0.2) is 35.0 Å². The smallest absolute Gasteiger partial charge is 0.416 e. The molecular weight excluding hydrogens is 352 g/mol. The van der Waals surface area contributed by atoms with Gasteiger partial charge >= 0.3 is 6.18 Å². The van der Waals surface area contributed by atoms with E-state index in [-0.39, 0.29) is 24.8 Å². The average molecular weight is 368 g/mol. The van der Waals surface area contributed by atoms with Crippen molar-refractivity contribution in [3.63, 3.8) is 0 Å². The molecule has 0 N–H and O–H groups in total. The van der Waals surface area contributed by atoms with Crippen molar-refractivity contribution in [2.75, 3.05) is 13.1 Å². The number of rotatable bonds is 4. The number of carbonyl (C=O) groups is 1. The molecule has 0 spiro atoms. The minimum atomic E-state index is -4.47. The highest BCUT2D eigenvalue weighted by Gasteiger charge is 2.32. The molecule has 0 unspecified atom stereocenters. The summed E-state index contributed by atoms with van der Waals surface area (Å²) < 4.78 is 57.3. The van der Waals surface area contributed by atoms with E-state index in [1.807, 2.05) is 0 Å². The van der Waals surface area contributed by atoms with Crippen molar-refractivity contribution in [3.05, 3.63) is 59.5 Å². The number of alkyl halides is 3. The van der Waals surface area contributed by atoms with Crippen LogP contribution in [0.2, 0.25) is 0 Å². The summed E-state index contributed by atoms with van der Waals surface area (Å²) in [6, 6.07) is 7.74. The zero-order valence-corrected chi connectivity index (χ0v) is 13.7. The predicted octanol–water partition coefficient (Wildman–Crippen LogP) is 3.46. The fourth-order valence-corrected chi connectivity index (χ4v) is 2.79. The van der Waals surface area contributed by atoms with Gasteiger partial charge in [0.2, 0.25) is 11.8 Å². The maximum atomic E-state index is 13.6. The SMILES string of the molecule is O=C(Cc1ccccc1F)N1CC[C@@H](Oc2cc(C(F)(F)F)ccn2)C1. The Morgan fingerprint density at radius 2 is 2.04 bits per heavy atom. The van der Waals surface area contributed by atoms with Crippen LogP contribution in [0.3, 0.4) is 0 Å². The third kappa shape index (κ3) is 4.30. The van der Waals surface area contributed by atoms with Gasteiger partial charge < -0.3 is 9.64 Å². The normalized spacial score (nSPS) is 17.4. The summed E-state index contributed by atoms with van der Waals surface area (Å²) in [4.78, 5) is 17.6. The number of ether oxygens (including phenoxy) is 1. The van der Waals surface area contributed by atoms with Crippen molar-refractivity contribution in [2.24, 2.45) is 0 Å². The second-order valence-electron chi connectivity index (χ2n) is 6.02. The van der Waals surface area contributed by atoms with Crippen LogP contribution >= 0.6 is 0 Å². The van der Waals surface area contributed by atoms with Gasteiger partial charge in [0, 0.05) is 25.2 Å². The lowest BCUT2D eigenvalue weighted by Gasteiger charge is -2.17. The molecule has 1 atom stereocenters. The van der Waals surface area contributed by atoms with Gasteiger partial charge in [0.25, 0.3) is 0 Å². The van der Waals surface area contributed by atoms with E-state index in [9.17, 15) is 22.4 Å². The second-order valence-corrected chi connectivity index (χ2v) is 6.02. The summed E-state index contributed by atoms with van der Waals surface area (Å²) in [6.45, 7) is 0.627. The van der Waals surface area contributed by atoms with Gasteiger partial charge in [0.05, 0.1) is 18.5 Å². The zero-order chi connectivity index (χ0) is 18.7. The maximum Gasteiger partial charge on any atom is 0.416 e. The monoisotopic (exact) mass is 368 g/mol. The molecule has 1 aromatic carbocycles. The highest BCUT2D eigenvalue weighted by Crippen LogP contribution is 2.31. The highest BCUT2D eigenvalue weighted by molar-refractivity contribution is 5.79. The van der Waals surface area contributed by atoms with E-state index in [1.165, 1.54) is 11.0 Å². The molecule has 1 aromatic heterocycles. The van der Waals surface area contributed by atoms with Crippen molar-refractivity contribution in [1.82, 2.24) is 9.88 Å². The van der Waals surface area contributed by atoms with E-state index >= 15 is 0 Å². The number of halogens is 4. The van der Waals surface area contributed by atoms with Crippen LogP contribution < -0.4 is 4.74 Å². The lowest BCUT2D eigenvalue weighted by molar-refractivity contribution is -0.137. The molecule has 0 radical (unpaired) electrons. The fourth-order valence-electron chi connectivity index (χ4n) is 2.79. The molecule has 8 heteroatoms. The van der Waals surface area contributed by atoms with E-state index < -0.39 is 23.7 Å². The molecule has 2 heterocycles. The first-order valence-electron chi connectivity index (χ1n) is 8.04. The molecule has 26 heavy (non-hydrogen) atoms. The maximum absolute atomic E-state index is 13.6. The summed E-state index contributed by atoms with van der Waals surface area (Å²) in [5.74, 6) is -0.826. The third-order valence-corrected chi connectivity index (χ3v) is 4.15. The van der Waals surface area contributed by atoms with E-state index in [2.05, 4.69) is 4.98 Å². The lowest BCUT2D eigenvalue weighted by Crippen LogP contribution is -2.32. The van der Waals surface area contributed by atoms with E-state index in [0.29, 0.717) is 18.5 Å². The van der Waals surface area contributed by atoms with Gasteiger partial charge in [-0.25, -0.2) is 9.37 Å². The van der Waals surface area contributed by atoms with Crippen molar-refractivity contribution in [3.8, 4) is 5.88 Å². The fraction of sp³-hybridized carbons (Fsp3) is 0.333. The average Bonchev–Trinajstić information content (AvgIpc) is 3.05. The van der Waals surface area contributed by atoms with Crippen LogP contribution in [0, 0.1) is 5.82 Å². The Morgan fingerprint density at radius 3 is 2.77 bits per heavy atom. The van der Waals surface area contributed by atoms with Crippen molar-refractivity contribution >= 4 is 5.91 Å². The van der Waals surface area contributed by atoms with Crippen LogP contribution in [0.25, 0.3) is 0 Å². The molecule has 3 rings (SSSR count). The van der Waals surface area contributed by atoms with Crippen LogP contribution in [0.15, 0.2) is 42.6 Å². The van der Waals surface area contributed by atoms with Crippen molar-refractivity contribution in [1.29, 1.82) is 0 Å². The Morgan fingerprint density at radius 1 is 1.27 bits per heavy atom. The topological polar surface area (TPSA) is 42.4 Å². The summed E-state index contributed by atoms with van der Waals surface area (Å²) in [5.41, 5.74) is -0.533. The summed E-state index contributed by atoms with van der Waals surface area (Å²) in [6.07, 6.45) is -3.48. The number of nitrogens with zero attached hydrogens (tertiary/aromatic N) is 2. The number of hydrogen-bond donors (Lipinski definition) is 0. The van der Waals surface area contributed by atoms with E-state index in [4.69, 9.17) is 4.74 Å². The lowest BCUT2D eigenvalue weighted by atomic mass is 10.1. The molecule has 1 fully saturated rings. The van der Waals surface area contributed by atoms with Crippen molar-refractivity contribution < 1.29 is 27.1 Å². The van der Waals surface area contributed by atoms with Gasteiger partial charge in [-0.3, -0.25) is 4.79 Å². The Hall–Kier alpha value is -2.64. The molecule has 138 valence electrons. The molecule has 1 aliphatic rings. The Labute approximate surface area is 147 Å². The summed E-state index contributed by atoms with van der Waals surface area (Å²) in [7, 11) is 0. The summed E-state index contributed by atoms with van der Waals surface area (Å²) >= 11 is 0. The number of aromatic nitrogens is 1. The standard InChI is InChI=1S/C18H16F4N2O2/c19-15-4-2-1-3-12(15)9-17(25)24-8-6-14(11-24)26-16-10-13(5-7-23-16)18(20,21)22/h1-5,7,10,14H,6,8-9,11H2/t14-/m1/s1. The summed E-state index contributed by atoms with van der Waals surface area (Å²) in [5, 5.41) is 0. The Kier molecular flexibility index (Phi) is 5.11. The first-order chi connectivity index (χ1) is 12.3. The molecule has 4 nitrogen and oxygen atoms in total. The minimum absolute atomic E-state index is 0.0683. The highest BCUT2D eigenvalue weighted by atomic mass is 19.4. The van der Waals surface area contributed by atoms with Crippen LogP contribution in [0.1, 0.15) is 17.5 Å². The zero-order valence-electron chi connectivity index (χ0n) is 13.7. The van der Waals surface area contributed by atoms with Gasteiger partial charge in [0.15, 0.2) is 0 Å². The van der Waals surface area contributed by atoms with E-state index in [1.54, 1.807) is 18.2 Å². The predicted molar refractivity (Wildman–Crippen MR) is 85.0 cm³/mol. The van der Waals surface area contributed by atoms with Crippen molar-refractivity contribution in [2.45, 2.75) is 25.1 Å². The number of likely N-dealkylation sites (tertiary alicyclic amines) is 1. The number of benzene rings is 1. The van der Waals surface area contributed by atoms with Gasteiger partial charge in [-0.05, 0) is 17.7 Å². The molecule has 0 aliphatic carbocycles. The molecule has 1 saturated heterocycles. The quantitative estimate of drug-likeness (QED) is 0.777. The molecule has 0 bridgehead atoms. The molecule has 1 amide bonds. The van der Waals surface area contributed by atoms with Gasteiger partial charge in [-0.1, -0.05) is 18.2 Å². The molecule has 0 saturated carbocycles. The second kappa shape index (κ2) is 7.31. The van der Waals surface area contributed by atoms with E-state index in [0.717, 1.165) is 18.3 Å². The first kappa shape index (κ1) is 18.2. The number of carbonyl (C=O) groups excluding carboxylic acids is 1. The Balaban J connectivity index is 1.59. The van der Waals surface area contributed by atoms with Gasteiger partial charge in [-0.15, -0.1) is 0 Å². The number of hydrogen-bond acceptors (Lipinski definition) is 3. The largest absolute Gasteiger partial charge is 0.472 e. The van der Waals surface area contributed by atoms with Crippen LogP contribution in [0.5, 0.6) is 5.88 Å². The number of amides is 1. The molecular formula is C18H16F4N2O2. The first-order valence-corrected chi connectivity index (χ1v) is 8.04. The number of pyridine rings is 1. The van der Waals surface area contributed by atoms with Crippen LogP contribution in [-0.2, 0) is 17.4 Å². The van der Waals surface area contributed by atoms with Crippen LogP contribution in [0.4, 0.5) is 17.6 Å². The minimum Gasteiger partial charge on any atom is -0.472 e. The Bertz CT molecular complexity index is 795. The molecule has 1 aliphatic heterocycles. The molecule has 2 aromatic rings.